The van der Waals surface area contributed by atoms with Gasteiger partial charge in [0.05, 0.1) is 13.2 Å². The molecular formula is C18H24O4. The van der Waals surface area contributed by atoms with Gasteiger partial charge in [0.1, 0.15) is 0 Å². The van der Waals surface area contributed by atoms with E-state index in [0.29, 0.717) is 13.2 Å². The molecule has 0 bridgehead atoms. The highest BCUT2D eigenvalue weighted by Gasteiger charge is 1.95. The molecule has 0 amide bonds. The van der Waals surface area contributed by atoms with Crippen LogP contribution >= 0.6 is 0 Å². The second-order valence-electron chi connectivity index (χ2n) is 4.33. The van der Waals surface area contributed by atoms with Crippen molar-refractivity contribution in [1.82, 2.24) is 0 Å². The molecule has 0 aliphatic rings. The van der Waals surface area contributed by atoms with E-state index in [4.69, 9.17) is 4.74 Å². The van der Waals surface area contributed by atoms with E-state index in [1.165, 1.54) is 17.7 Å². The van der Waals surface area contributed by atoms with Gasteiger partial charge in [0.25, 0.3) is 0 Å². The second kappa shape index (κ2) is 13.6. The summed E-state index contributed by atoms with van der Waals surface area (Å²) in [6.07, 6.45) is 5.07. The van der Waals surface area contributed by atoms with Crippen molar-refractivity contribution in [2.45, 2.75) is 26.2 Å². The van der Waals surface area contributed by atoms with Crippen LogP contribution < -0.4 is 0 Å². The van der Waals surface area contributed by atoms with Gasteiger partial charge in [-0.05, 0) is 12.0 Å². The van der Waals surface area contributed by atoms with Gasteiger partial charge in [-0.15, -0.1) is 0 Å². The minimum absolute atomic E-state index is 0.330. The molecule has 120 valence electrons. The largest absolute Gasteiger partial charge is 0.463 e. The molecule has 22 heavy (non-hydrogen) atoms. The van der Waals surface area contributed by atoms with Gasteiger partial charge in [-0.3, -0.25) is 0 Å². The summed E-state index contributed by atoms with van der Waals surface area (Å²) in [6.45, 7) is 9.55. The van der Waals surface area contributed by atoms with Gasteiger partial charge in [-0.2, -0.15) is 0 Å². The maximum atomic E-state index is 10.7. The third kappa shape index (κ3) is 11.5. The van der Waals surface area contributed by atoms with E-state index in [0.717, 1.165) is 19.3 Å². The molecule has 1 rings (SSSR count). The summed E-state index contributed by atoms with van der Waals surface area (Å²) >= 11 is 0. The predicted octanol–water partition coefficient (Wildman–Crippen LogP) is 3.47. The van der Waals surface area contributed by atoms with Crippen molar-refractivity contribution in [3.8, 4) is 0 Å². The summed E-state index contributed by atoms with van der Waals surface area (Å²) in [4.78, 5) is 21.0. The fourth-order valence-corrected chi connectivity index (χ4v) is 1.35. The van der Waals surface area contributed by atoms with Crippen LogP contribution in [0.5, 0.6) is 0 Å². The monoisotopic (exact) mass is 304 g/mol. The number of hydrogen-bond donors (Lipinski definition) is 0. The van der Waals surface area contributed by atoms with Crippen LogP contribution in [-0.2, 0) is 25.5 Å². The Hall–Kier alpha value is -2.36. The van der Waals surface area contributed by atoms with Gasteiger partial charge in [-0.1, -0.05) is 56.8 Å². The number of benzene rings is 1. The number of carbonyl (C=O) groups excluding carboxylic acids is 2. The third-order valence-corrected chi connectivity index (χ3v) is 2.55. The van der Waals surface area contributed by atoms with Crippen LogP contribution in [0.3, 0.4) is 0 Å². The van der Waals surface area contributed by atoms with Crippen molar-refractivity contribution in [2.24, 2.45) is 0 Å². The molecule has 0 aromatic heterocycles. The molecule has 0 aliphatic carbocycles. The number of ether oxygens (including phenoxy) is 2. The van der Waals surface area contributed by atoms with Crippen LogP contribution in [0.15, 0.2) is 55.6 Å². The van der Waals surface area contributed by atoms with Gasteiger partial charge < -0.3 is 9.47 Å². The molecule has 0 heterocycles. The topological polar surface area (TPSA) is 52.6 Å². The zero-order valence-electron chi connectivity index (χ0n) is 13.1. The third-order valence-electron chi connectivity index (χ3n) is 2.55. The summed E-state index contributed by atoms with van der Waals surface area (Å²) in [5.41, 5.74) is 1.17. The van der Waals surface area contributed by atoms with E-state index in [2.05, 4.69) is 17.9 Å². The predicted molar refractivity (Wildman–Crippen MR) is 87.4 cm³/mol. The lowest BCUT2D eigenvalue weighted by Crippen LogP contribution is -2.04. The lowest BCUT2D eigenvalue weighted by atomic mass is 10.2. The first-order chi connectivity index (χ1) is 10.6. The van der Waals surface area contributed by atoms with E-state index in [9.17, 15) is 9.59 Å². The molecule has 1 aromatic rings. The van der Waals surface area contributed by atoms with Gasteiger partial charge in [0, 0.05) is 18.6 Å². The van der Waals surface area contributed by atoms with Crippen molar-refractivity contribution < 1.29 is 19.1 Å². The Kier molecular flexibility index (Phi) is 12.2. The van der Waals surface area contributed by atoms with Crippen LogP contribution in [0.1, 0.15) is 25.3 Å². The molecule has 0 spiro atoms. The van der Waals surface area contributed by atoms with Crippen LogP contribution in [0, 0.1) is 0 Å². The fourth-order valence-electron chi connectivity index (χ4n) is 1.35. The molecule has 0 N–H and O–H groups in total. The summed E-state index contributed by atoms with van der Waals surface area (Å²) < 4.78 is 9.51. The van der Waals surface area contributed by atoms with Gasteiger partial charge in [-0.25, -0.2) is 9.59 Å². The van der Waals surface area contributed by atoms with Crippen molar-refractivity contribution in [3.63, 3.8) is 0 Å². The Labute approximate surface area is 132 Å². The molecule has 0 unspecified atom stereocenters. The Morgan fingerprint density at radius 2 is 1.55 bits per heavy atom. The highest BCUT2D eigenvalue weighted by atomic mass is 16.5. The zero-order valence-corrected chi connectivity index (χ0v) is 13.1. The number of unbranched alkanes of at least 4 members (excludes halogenated alkanes) is 1. The summed E-state index contributed by atoms with van der Waals surface area (Å²) in [7, 11) is 0. The van der Waals surface area contributed by atoms with E-state index in [-0.39, 0.29) is 11.9 Å². The first kappa shape index (κ1) is 19.6. The Balaban J connectivity index is 0.000000433. The van der Waals surface area contributed by atoms with Crippen molar-refractivity contribution in [2.75, 3.05) is 13.2 Å². The van der Waals surface area contributed by atoms with E-state index in [1.54, 1.807) is 0 Å². The minimum atomic E-state index is -0.365. The summed E-state index contributed by atoms with van der Waals surface area (Å²) in [5.74, 6) is -0.695. The quantitative estimate of drug-likeness (QED) is 0.419. The lowest BCUT2D eigenvalue weighted by molar-refractivity contribution is -0.138. The molecular weight excluding hydrogens is 280 g/mol. The van der Waals surface area contributed by atoms with Crippen LogP contribution in [-0.4, -0.2) is 25.2 Å². The SMILES string of the molecule is C=CC(=O)OCCCC.C=CC(=O)OCCc1ccccc1. The van der Waals surface area contributed by atoms with Crippen LogP contribution in [0.4, 0.5) is 0 Å². The highest BCUT2D eigenvalue weighted by molar-refractivity contribution is 5.81. The average molecular weight is 304 g/mol. The highest BCUT2D eigenvalue weighted by Crippen LogP contribution is 1.99. The number of hydrogen-bond acceptors (Lipinski definition) is 4. The van der Waals surface area contributed by atoms with Crippen LogP contribution in [0.25, 0.3) is 0 Å². The van der Waals surface area contributed by atoms with Crippen LogP contribution in [0.2, 0.25) is 0 Å². The molecule has 4 nitrogen and oxygen atoms in total. The number of carbonyl (C=O) groups is 2. The smallest absolute Gasteiger partial charge is 0.330 e. The van der Waals surface area contributed by atoms with Crippen molar-refractivity contribution >= 4 is 11.9 Å². The van der Waals surface area contributed by atoms with Crippen molar-refractivity contribution in [3.05, 3.63) is 61.2 Å². The summed E-state index contributed by atoms with van der Waals surface area (Å²) in [6, 6.07) is 9.89. The van der Waals surface area contributed by atoms with Crippen molar-refractivity contribution in [1.29, 1.82) is 0 Å². The molecule has 0 fully saturated rings. The Bertz CT molecular complexity index is 451. The molecule has 0 saturated heterocycles. The number of rotatable bonds is 8. The summed E-state index contributed by atoms with van der Waals surface area (Å²) in [5, 5.41) is 0. The lowest BCUT2D eigenvalue weighted by Gasteiger charge is -2.01. The second-order valence-corrected chi connectivity index (χ2v) is 4.33. The van der Waals surface area contributed by atoms with E-state index >= 15 is 0 Å². The normalized spacial score (nSPS) is 8.95. The van der Waals surface area contributed by atoms with Gasteiger partial charge in [0.15, 0.2) is 0 Å². The van der Waals surface area contributed by atoms with Gasteiger partial charge in [0.2, 0.25) is 0 Å². The molecule has 4 heteroatoms. The molecule has 1 aromatic carbocycles. The first-order valence-electron chi connectivity index (χ1n) is 7.26. The van der Waals surface area contributed by atoms with E-state index < -0.39 is 0 Å². The molecule has 0 radical (unpaired) electrons. The zero-order chi connectivity index (χ0) is 16.6. The standard InChI is InChI=1S/C11H12O2.C7H12O2/c1-2-11(12)13-9-8-10-6-4-3-5-7-10;1-3-5-6-9-7(8)4-2/h2-7H,1,8-9H2;4H,2-3,5-6H2,1H3. The van der Waals surface area contributed by atoms with Gasteiger partial charge >= 0.3 is 11.9 Å². The minimum Gasteiger partial charge on any atom is -0.463 e. The molecule has 0 aliphatic heterocycles. The maximum absolute atomic E-state index is 10.7. The molecule has 0 atom stereocenters. The van der Waals surface area contributed by atoms with E-state index in [1.807, 2.05) is 37.3 Å². The maximum Gasteiger partial charge on any atom is 0.330 e. The Morgan fingerprint density at radius 3 is 2.05 bits per heavy atom. The Morgan fingerprint density at radius 1 is 1.00 bits per heavy atom. The average Bonchev–Trinajstić information content (AvgIpc) is 2.56. The molecule has 0 saturated carbocycles. The first-order valence-corrected chi connectivity index (χ1v) is 7.26. The number of esters is 2. The fraction of sp³-hybridized carbons (Fsp3) is 0.333.